The number of aromatic nitrogens is 2. The normalized spacial score (nSPS) is 11.6. The van der Waals surface area contributed by atoms with Gasteiger partial charge in [0, 0.05) is 34.4 Å². The highest BCUT2D eigenvalue weighted by Crippen LogP contribution is 2.26. The van der Waals surface area contributed by atoms with Crippen molar-refractivity contribution >= 4 is 58.0 Å². The van der Waals surface area contributed by atoms with E-state index in [4.69, 9.17) is 18.9 Å². The Morgan fingerprint density at radius 3 is 1.80 bits per heavy atom. The van der Waals surface area contributed by atoms with Crippen LogP contribution in [0.15, 0.2) is 95.4 Å². The first-order valence-electron chi connectivity index (χ1n) is 21.4. The molecule has 0 fully saturated rings. The number of ether oxygens (including phenoxy) is 4. The molecule has 0 saturated heterocycles. The van der Waals surface area contributed by atoms with Crippen LogP contribution in [-0.4, -0.2) is 126 Å². The average molecular weight is 899 g/mol. The number of fused-ring (bicyclic) bond motifs is 2. The van der Waals surface area contributed by atoms with Crippen molar-refractivity contribution < 1.29 is 38.1 Å². The topological polar surface area (TPSA) is 164 Å². The minimum Gasteiger partial charge on any atom is -0.483 e. The molecule has 0 radical (unpaired) electrons. The van der Waals surface area contributed by atoms with Gasteiger partial charge in [-0.3, -0.25) is 29.0 Å². The third-order valence-corrected chi connectivity index (χ3v) is 10.5. The summed E-state index contributed by atoms with van der Waals surface area (Å²) in [6.45, 7) is 10.5. The van der Waals surface area contributed by atoms with Crippen LogP contribution in [-0.2, 0) is 35.3 Å². The second-order valence-corrected chi connectivity index (χ2v) is 16.7. The van der Waals surface area contributed by atoms with E-state index < -0.39 is 37.2 Å². The molecule has 0 atom stereocenters. The second-order valence-electron chi connectivity index (χ2n) is 16.7. The van der Waals surface area contributed by atoms with Gasteiger partial charge in [-0.05, 0) is 120 Å². The van der Waals surface area contributed by atoms with Crippen LogP contribution in [0.25, 0.3) is 21.8 Å². The number of hydrogen-bond donors (Lipinski definition) is 1. The molecule has 6 aromatic rings. The minimum atomic E-state index is -0.568. The molecule has 66 heavy (non-hydrogen) atoms. The van der Waals surface area contributed by atoms with E-state index in [1.165, 1.54) is 6.21 Å². The van der Waals surface area contributed by atoms with E-state index in [2.05, 4.69) is 15.2 Å². The number of esters is 2. The van der Waals surface area contributed by atoms with Gasteiger partial charge in [-0.2, -0.15) is 20.2 Å². The molecule has 0 aliphatic rings. The minimum absolute atomic E-state index is 0.0347. The lowest BCUT2D eigenvalue weighted by Gasteiger charge is -2.21. The molecule has 16 heteroatoms. The van der Waals surface area contributed by atoms with Crippen molar-refractivity contribution in [2.75, 3.05) is 60.9 Å². The molecule has 1 N–H and O–H groups in total. The maximum atomic E-state index is 13.6. The van der Waals surface area contributed by atoms with Crippen molar-refractivity contribution in [2.24, 2.45) is 10.2 Å². The van der Waals surface area contributed by atoms with Gasteiger partial charge < -0.3 is 28.5 Å². The van der Waals surface area contributed by atoms with Crippen molar-refractivity contribution in [3.63, 3.8) is 0 Å². The standard InChI is InChI=1S/C50H58N8O8/c1-33-19-35(3)49(36(4)20-33)63-28-45(59)57(31-65-47(61)26-54(7)8)52-24-39-13-14-40-16-18-56(44(40)23-39)30-55(9)27-48(62)66-32-58(53-25-41-11-10-12-43-42(41)15-17-51-43)46(60)29-64-50-37(5)21-34(2)22-38(50)6/h10-25,51H,26-32H2,1-9H3/b52-24+,53-25+. The Morgan fingerprint density at radius 2 is 1.23 bits per heavy atom. The van der Waals surface area contributed by atoms with E-state index in [-0.39, 0.29) is 26.3 Å². The third-order valence-electron chi connectivity index (χ3n) is 10.5. The number of rotatable bonds is 20. The van der Waals surface area contributed by atoms with Crippen LogP contribution in [0.2, 0.25) is 0 Å². The molecule has 0 aliphatic carbocycles. The van der Waals surface area contributed by atoms with Crippen molar-refractivity contribution in [3.8, 4) is 11.5 Å². The molecule has 4 aromatic carbocycles. The molecular weight excluding hydrogens is 841 g/mol. The van der Waals surface area contributed by atoms with Crippen LogP contribution in [0, 0.1) is 41.5 Å². The molecule has 0 saturated carbocycles. The smallest absolute Gasteiger partial charge is 0.321 e. The van der Waals surface area contributed by atoms with Gasteiger partial charge in [-0.1, -0.05) is 59.7 Å². The summed E-state index contributed by atoms with van der Waals surface area (Å²) in [5.74, 6) is -0.853. The van der Waals surface area contributed by atoms with Gasteiger partial charge in [0.2, 0.25) is 0 Å². The first-order chi connectivity index (χ1) is 31.5. The zero-order chi connectivity index (χ0) is 47.5. The number of carbonyl (C=O) groups is 4. The molecule has 0 unspecified atom stereocenters. The number of nitrogens with one attached hydrogen (secondary N) is 1. The number of amides is 2. The summed E-state index contributed by atoms with van der Waals surface area (Å²) in [5.41, 5.74) is 8.99. The van der Waals surface area contributed by atoms with E-state index in [9.17, 15) is 19.2 Å². The molecule has 346 valence electrons. The number of hydrazone groups is 2. The number of H-pyrrole nitrogens is 1. The van der Waals surface area contributed by atoms with E-state index in [0.29, 0.717) is 23.7 Å². The summed E-state index contributed by atoms with van der Waals surface area (Å²) < 4.78 is 24.9. The molecule has 16 nitrogen and oxygen atoms in total. The van der Waals surface area contributed by atoms with Crippen LogP contribution in [0.5, 0.6) is 11.5 Å². The Labute approximate surface area is 384 Å². The fourth-order valence-corrected chi connectivity index (χ4v) is 7.59. The Bertz CT molecular complexity index is 2730. The van der Waals surface area contributed by atoms with Gasteiger partial charge in [0.15, 0.2) is 26.7 Å². The Kier molecular flexibility index (Phi) is 16.1. The summed E-state index contributed by atoms with van der Waals surface area (Å²) in [6, 6.07) is 23.2. The summed E-state index contributed by atoms with van der Waals surface area (Å²) in [4.78, 5) is 59.3. The van der Waals surface area contributed by atoms with Crippen molar-refractivity contribution in [2.45, 2.75) is 48.2 Å². The number of aromatic amines is 1. The highest BCUT2D eigenvalue weighted by Gasteiger charge is 2.20. The van der Waals surface area contributed by atoms with E-state index in [1.54, 1.807) is 37.2 Å². The van der Waals surface area contributed by atoms with Crippen LogP contribution in [0.4, 0.5) is 0 Å². The number of benzene rings is 4. The van der Waals surface area contributed by atoms with E-state index in [0.717, 1.165) is 70.8 Å². The van der Waals surface area contributed by atoms with E-state index >= 15 is 0 Å². The largest absolute Gasteiger partial charge is 0.483 e. The van der Waals surface area contributed by atoms with Crippen molar-refractivity contribution in [3.05, 3.63) is 130 Å². The zero-order valence-electron chi connectivity index (χ0n) is 39.1. The van der Waals surface area contributed by atoms with Crippen LogP contribution >= 0.6 is 0 Å². The second kappa shape index (κ2) is 22.1. The molecule has 2 aromatic heterocycles. The number of nitrogens with zero attached hydrogens (tertiary/aromatic N) is 7. The molecule has 2 amide bonds. The lowest BCUT2D eigenvalue weighted by molar-refractivity contribution is -0.156. The van der Waals surface area contributed by atoms with Crippen molar-refractivity contribution in [1.29, 1.82) is 0 Å². The predicted molar refractivity (Wildman–Crippen MR) is 255 cm³/mol. The van der Waals surface area contributed by atoms with Gasteiger partial charge in [-0.25, -0.2) is 0 Å². The number of likely N-dealkylation sites (N-methyl/N-ethyl adjacent to an activating group) is 2. The monoisotopic (exact) mass is 898 g/mol. The first kappa shape index (κ1) is 48.2. The first-order valence-corrected chi connectivity index (χ1v) is 21.4. The summed E-state index contributed by atoms with van der Waals surface area (Å²) >= 11 is 0. The zero-order valence-corrected chi connectivity index (χ0v) is 39.1. The van der Waals surface area contributed by atoms with Crippen LogP contribution < -0.4 is 9.47 Å². The highest BCUT2D eigenvalue weighted by molar-refractivity contribution is 5.99. The van der Waals surface area contributed by atoms with Gasteiger partial charge in [0.1, 0.15) is 11.5 Å². The number of carbonyl (C=O) groups excluding carboxylic acids is 4. The molecular formula is C50H58N8O8. The SMILES string of the molecule is Cc1cc(C)c(OCC(=O)N(COC(=O)CN(C)C)/N=C/c2ccc3ccn(CN(C)CC(=O)OCN(/N=C/c4cccc5[nH]ccc45)C(=O)COc4c(C)cc(C)cc4C)c3c2)c(C)c1. The maximum Gasteiger partial charge on any atom is 0.321 e. The van der Waals surface area contributed by atoms with Gasteiger partial charge >= 0.3 is 11.9 Å². The predicted octanol–water partition coefficient (Wildman–Crippen LogP) is 6.61. The number of aryl methyl sites for hydroxylation is 6. The highest BCUT2D eigenvalue weighted by atomic mass is 16.6. The maximum absolute atomic E-state index is 13.6. The summed E-state index contributed by atoms with van der Waals surface area (Å²) in [6.07, 6.45) is 6.80. The Morgan fingerprint density at radius 1 is 0.667 bits per heavy atom. The van der Waals surface area contributed by atoms with E-state index in [1.807, 2.05) is 131 Å². The summed E-state index contributed by atoms with van der Waals surface area (Å²) in [7, 11) is 5.26. The lowest BCUT2D eigenvalue weighted by atomic mass is 10.1. The molecule has 0 bridgehead atoms. The van der Waals surface area contributed by atoms with Gasteiger partial charge in [-0.15, -0.1) is 0 Å². The fourth-order valence-electron chi connectivity index (χ4n) is 7.59. The molecule has 6 rings (SSSR count). The summed E-state index contributed by atoms with van der Waals surface area (Å²) in [5, 5.41) is 12.9. The Hall–Kier alpha value is -7.30. The fraction of sp³-hybridized carbons (Fsp3) is 0.320. The van der Waals surface area contributed by atoms with Gasteiger partial charge in [0.25, 0.3) is 11.8 Å². The van der Waals surface area contributed by atoms with Crippen LogP contribution in [0.3, 0.4) is 0 Å². The van der Waals surface area contributed by atoms with Crippen molar-refractivity contribution in [1.82, 2.24) is 29.4 Å². The van der Waals surface area contributed by atoms with Crippen LogP contribution in [0.1, 0.15) is 44.5 Å². The number of hydrogen-bond acceptors (Lipinski definition) is 12. The quantitative estimate of drug-likeness (QED) is 0.0382. The van der Waals surface area contributed by atoms with Gasteiger partial charge in [0.05, 0.1) is 32.2 Å². The third kappa shape index (κ3) is 12.9. The molecule has 0 aliphatic heterocycles. The molecule has 0 spiro atoms. The Balaban J connectivity index is 1.10. The average Bonchev–Trinajstić information content (AvgIpc) is 3.90. The molecule has 2 heterocycles. The lowest BCUT2D eigenvalue weighted by Crippen LogP contribution is -2.36.